The highest BCUT2D eigenvalue weighted by Crippen LogP contribution is 2.17. The number of carboxylic acid groups (broad SMARTS) is 1. The molecule has 3 N–H and O–H groups in total. The second kappa shape index (κ2) is 5.92. The molecule has 1 amide bonds. The van der Waals surface area contributed by atoms with Crippen LogP contribution in [-0.2, 0) is 16.0 Å². The van der Waals surface area contributed by atoms with Crippen molar-refractivity contribution >= 4 is 23.5 Å². The third kappa shape index (κ3) is 4.58. The lowest BCUT2D eigenvalue weighted by Crippen LogP contribution is -2.08. The molecule has 0 unspecified atom stereocenters. The van der Waals surface area contributed by atoms with E-state index in [0.717, 1.165) is 0 Å². The molecule has 1 aromatic rings. The molecule has 0 spiro atoms. The number of benzene rings is 1. The summed E-state index contributed by atoms with van der Waals surface area (Å²) < 4.78 is 0. The first-order chi connectivity index (χ1) is 7.99. The van der Waals surface area contributed by atoms with Crippen LogP contribution in [-0.4, -0.2) is 17.0 Å². The van der Waals surface area contributed by atoms with Gasteiger partial charge in [0.25, 0.3) is 0 Å². The number of rotatable bonds is 3. The number of aliphatic carboxylic acids is 1. The highest BCUT2D eigenvalue weighted by Gasteiger charge is 2.05. The summed E-state index contributed by atoms with van der Waals surface area (Å²) in [5, 5.41) is 9.06. The summed E-state index contributed by atoms with van der Waals surface area (Å²) >= 11 is 5.84. The highest BCUT2D eigenvalue weighted by atomic mass is 35.5. The van der Waals surface area contributed by atoms with Gasteiger partial charge in [0, 0.05) is 10.6 Å². The third-order valence-corrected chi connectivity index (χ3v) is 2.25. The zero-order valence-electron chi connectivity index (χ0n) is 8.87. The summed E-state index contributed by atoms with van der Waals surface area (Å²) in [5.41, 5.74) is 6.03. The first-order valence-corrected chi connectivity index (χ1v) is 5.14. The number of amides is 1. The molecule has 88 valence electrons. The van der Waals surface area contributed by atoms with Crippen molar-refractivity contribution in [2.45, 2.75) is 12.8 Å². The normalized spacial score (nSPS) is 9.24. The maximum absolute atomic E-state index is 10.6. The van der Waals surface area contributed by atoms with Gasteiger partial charge in [-0.15, -0.1) is 0 Å². The van der Waals surface area contributed by atoms with Gasteiger partial charge in [0.15, 0.2) is 0 Å². The van der Waals surface area contributed by atoms with Crippen molar-refractivity contribution in [3.05, 3.63) is 34.3 Å². The molecule has 0 aromatic heterocycles. The van der Waals surface area contributed by atoms with Crippen LogP contribution in [0.5, 0.6) is 0 Å². The second-order valence-corrected chi connectivity index (χ2v) is 3.73. The second-order valence-electron chi connectivity index (χ2n) is 3.32. The van der Waals surface area contributed by atoms with Crippen LogP contribution in [0.4, 0.5) is 0 Å². The molecule has 1 aromatic carbocycles. The third-order valence-electron chi connectivity index (χ3n) is 1.88. The van der Waals surface area contributed by atoms with Crippen molar-refractivity contribution in [2.75, 3.05) is 0 Å². The summed E-state index contributed by atoms with van der Waals surface area (Å²) in [6.45, 7) is 0. The number of hydrogen-bond donors (Lipinski definition) is 2. The van der Waals surface area contributed by atoms with Crippen LogP contribution in [0.1, 0.15) is 17.5 Å². The van der Waals surface area contributed by atoms with Crippen LogP contribution in [0, 0.1) is 11.8 Å². The van der Waals surface area contributed by atoms with Gasteiger partial charge in [0.1, 0.15) is 0 Å². The molecule has 0 bridgehead atoms. The molecule has 17 heavy (non-hydrogen) atoms. The topological polar surface area (TPSA) is 80.4 Å². The lowest BCUT2D eigenvalue weighted by atomic mass is 10.1. The Labute approximate surface area is 103 Å². The van der Waals surface area contributed by atoms with Crippen molar-refractivity contribution in [1.82, 2.24) is 0 Å². The van der Waals surface area contributed by atoms with E-state index in [4.69, 9.17) is 22.4 Å². The summed E-state index contributed by atoms with van der Waals surface area (Å²) in [6, 6.07) is 4.82. The van der Waals surface area contributed by atoms with Gasteiger partial charge in [-0.2, -0.15) is 0 Å². The van der Waals surface area contributed by atoms with Gasteiger partial charge in [-0.3, -0.25) is 9.59 Å². The van der Waals surface area contributed by atoms with E-state index >= 15 is 0 Å². The summed E-state index contributed by atoms with van der Waals surface area (Å²) in [4.78, 5) is 21.1. The van der Waals surface area contributed by atoms with Gasteiger partial charge in [-0.1, -0.05) is 23.4 Å². The molecule has 0 saturated carbocycles. The maximum atomic E-state index is 10.6. The van der Waals surface area contributed by atoms with Crippen LogP contribution in [0.2, 0.25) is 5.02 Å². The van der Waals surface area contributed by atoms with Crippen LogP contribution >= 0.6 is 11.6 Å². The molecule has 0 heterocycles. The first kappa shape index (κ1) is 13.1. The highest BCUT2D eigenvalue weighted by molar-refractivity contribution is 6.31. The maximum Gasteiger partial charge on any atom is 0.307 e. The fraction of sp³-hybridized carbons (Fsp3) is 0.167. The predicted octanol–water partition coefficient (Wildman–Crippen LogP) is 1.19. The summed E-state index contributed by atoms with van der Waals surface area (Å²) in [7, 11) is 0. The number of hydrogen-bond acceptors (Lipinski definition) is 2. The van der Waals surface area contributed by atoms with Crippen molar-refractivity contribution in [2.24, 2.45) is 5.73 Å². The van der Waals surface area contributed by atoms with Crippen molar-refractivity contribution in [3.63, 3.8) is 0 Å². The molecule has 0 atom stereocenters. The minimum absolute atomic E-state index is 0.0309. The Bertz CT molecular complexity index is 514. The van der Waals surface area contributed by atoms with Crippen molar-refractivity contribution in [1.29, 1.82) is 0 Å². The fourth-order valence-electron chi connectivity index (χ4n) is 1.18. The van der Waals surface area contributed by atoms with Gasteiger partial charge < -0.3 is 10.8 Å². The van der Waals surface area contributed by atoms with Crippen LogP contribution < -0.4 is 5.73 Å². The molecule has 0 aliphatic carbocycles. The zero-order valence-corrected chi connectivity index (χ0v) is 9.62. The molecular formula is C12H10ClNO3. The summed E-state index contributed by atoms with van der Waals surface area (Å²) in [5.74, 6) is 3.83. The number of nitrogens with two attached hydrogens (primary N) is 1. The number of carboxylic acids is 1. The fourth-order valence-corrected chi connectivity index (χ4v) is 1.37. The van der Waals surface area contributed by atoms with E-state index in [1.807, 2.05) is 0 Å². The number of carbonyl (C=O) groups excluding carboxylic acids is 1. The number of primary amides is 1. The lowest BCUT2D eigenvalue weighted by molar-refractivity contribution is -0.136. The van der Waals surface area contributed by atoms with E-state index in [2.05, 4.69) is 11.8 Å². The minimum Gasteiger partial charge on any atom is -0.481 e. The molecule has 0 aliphatic rings. The minimum atomic E-state index is -0.964. The van der Waals surface area contributed by atoms with Gasteiger partial charge in [0.05, 0.1) is 12.8 Å². The van der Waals surface area contributed by atoms with Gasteiger partial charge in [-0.25, -0.2) is 0 Å². The Morgan fingerprint density at radius 1 is 1.41 bits per heavy atom. The Morgan fingerprint density at radius 2 is 2.12 bits per heavy atom. The molecule has 0 radical (unpaired) electrons. The molecule has 1 rings (SSSR count). The standard InChI is InChI=1S/C12H10ClNO3/c13-10-5-4-8(2-1-3-11(14)15)6-9(10)7-12(16)17/h4-6H,3,7H2,(H2,14,15)(H,16,17). The molecule has 0 aliphatic heterocycles. The average Bonchev–Trinajstić information content (AvgIpc) is 2.21. The van der Waals surface area contributed by atoms with E-state index in [0.29, 0.717) is 16.1 Å². The largest absolute Gasteiger partial charge is 0.481 e. The van der Waals surface area contributed by atoms with Crippen molar-refractivity contribution < 1.29 is 14.7 Å². The SMILES string of the molecule is NC(=O)CC#Cc1ccc(Cl)c(CC(=O)O)c1. The Balaban J connectivity index is 2.90. The van der Waals surface area contributed by atoms with Gasteiger partial charge in [-0.05, 0) is 23.8 Å². The summed E-state index contributed by atoms with van der Waals surface area (Å²) in [6.07, 6.45) is -0.193. The van der Waals surface area contributed by atoms with E-state index in [1.54, 1.807) is 18.2 Å². The van der Waals surface area contributed by atoms with Crippen LogP contribution in [0.25, 0.3) is 0 Å². The zero-order chi connectivity index (χ0) is 12.8. The van der Waals surface area contributed by atoms with Gasteiger partial charge >= 0.3 is 5.97 Å². The monoisotopic (exact) mass is 251 g/mol. The molecular weight excluding hydrogens is 242 g/mol. The smallest absolute Gasteiger partial charge is 0.307 e. The molecule has 0 saturated heterocycles. The molecule has 0 fully saturated rings. The Hall–Kier alpha value is -1.99. The molecule has 5 heteroatoms. The van der Waals surface area contributed by atoms with E-state index < -0.39 is 11.9 Å². The molecule has 4 nitrogen and oxygen atoms in total. The Kier molecular flexibility index (Phi) is 4.56. The predicted molar refractivity (Wildman–Crippen MR) is 63.5 cm³/mol. The lowest BCUT2D eigenvalue weighted by Gasteiger charge is -2.01. The van der Waals surface area contributed by atoms with E-state index in [1.165, 1.54) is 0 Å². The first-order valence-electron chi connectivity index (χ1n) is 4.76. The number of carbonyl (C=O) groups is 2. The van der Waals surface area contributed by atoms with Crippen LogP contribution in [0.15, 0.2) is 18.2 Å². The average molecular weight is 252 g/mol. The van der Waals surface area contributed by atoms with E-state index in [-0.39, 0.29) is 12.8 Å². The van der Waals surface area contributed by atoms with Crippen LogP contribution in [0.3, 0.4) is 0 Å². The number of halogens is 1. The Morgan fingerprint density at radius 3 is 2.71 bits per heavy atom. The van der Waals surface area contributed by atoms with Gasteiger partial charge in [0.2, 0.25) is 5.91 Å². The quantitative estimate of drug-likeness (QED) is 0.792. The van der Waals surface area contributed by atoms with E-state index in [9.17, 15) is 9.59 Å². The van der Waals surface area contributed by atoms with Crippen molar-refractivity contribution in [3.8, 4) is 11.8 Å².